The summed E-state index contributed by atoms with van der Waals surface area (Å²) in [7, 11) is 0. The van der Waals surface area contributed by atoms with Crippen LogP contribution in [0.3, 0.4) is 0 Å². The number of anilines is 1. The molecule has 1 aliphatic rings. The summed E-state index contributed by atoms with van der Waals surface area (Å²) in [5.41, 5.74) is 2.49. The Hall–Kier alpha value is -2.14. The van der Waals surface area contributed by atoms with Crippen molar-refractivity contribution in [3.63, 3.8) is 0 Å². The van der Waals surface area contributed by atoms with Gasteiger partial charge >= 0.3 is 5.97 Å². The molecule has 2 rings (SSSR count). The van der Waals surface area contributed by atoms with E-state index in [-0.39, 0.29) is 18.9 Å². The van der Waals surface area contributed by atoms with Crippen molar-refractivity contribution in [3.05, 3.63) is 35.4 Å². The first-order valence-electron chi connectivity index (χ1n) is 5.07. The van der Waals surface area contributed by atoms with Gasteiger partial charge in [-0.05, 0) is 28.8 Å². The number of carbonyl (C=O) groups excluding carboxylic acids is 1. The number of aliphatic hydroxyl groups excluding tert-OH is 1. The number of aliphatic hydroxyl groups is 1. The Morgan fingerprint density at radius 1 is 1.47 bits per heavy atom. The largest absolute Gasteiger partial charge is 0.478 e. The molecule has 3 N–H and O–H groups in total. The second-order valence-corrected chi connectivity index (χ2v) is 3.76. The zero-order valence-electron chi connectivity index (χ0n) is 8.93. The highest BCUT2D eigenvalue weighted by atomic mass is 16.4. The fraction of sp³-hybridized carbons (Fsp3) is 0.167. The van der Waals surface area contributed by atoms with E-state index >= 15 is 0 Å². The number of hydrogen-bond acceptors (Lipinski definition) is 3. The molecule has 0 saturated carbocycles. The number of hydrogen-bond donors (Lipinski definition) is 3. The maximum absolute atomic E-state index is 11.2. The number of nitrogens with one attached hydrogen (secondary N) is 1. The molecule has 0 spiro atoms. The van der Waals surface area contributed by atoms with Crippen LogP contribution >= 0.6 is 0 Å². The molecule has 88 valence electrons. The summed E-state index contributed by atoms with van der Waals surface area (Å²) in [6.45, 7) is -0.355. The summed E-state index contributed by atoms with van der Waals surface area (Å²) in [4.78, 5) is 21.7. The molecule has 0 atom stereocenters. The van der Waals surface area contributed by atoms with E-state index in [1.165, 1.54) is 0 Å². The van der Waals surface area contributed by atoms with Crippen molar-refractivity contribution in [1.82, 2.24) is 0 Å². The quantitative estimate of drug-likeness (QED) is 0.669. The lowest BCUT2D eigenvalue weighted by Crippen LogP contribution is -2.03. The van der Waals surface area contributed by atoms with Gasteiger partial charge in [-0.2, -0.15) is 0 Å². The number of carboxylic acid groups (broad SMARTS) is 1. The molecule has 1 aliphatic heterocycles. The van der Waals surface area contributed by atoms with Gasteiger partial charge in [0.25, 0.3) is 0 Å². The van der Waals surface area contributed by atoms with Crippen molar-refractivity contribution >= 4 is 23.1 Å². The Balaban J connectivity index is 2.38. The van der Waals surface area contributed by atoms with Gasteiger partial charge in [0.05, 0.1) is 13.0 Å². The highest BCUT2D eigenvalue weighted by Gasteiger charge is 2.18. The van der Waals surface area contributed by atoms with Gasteiger partial charge in [-0.1, -0.05) is 6.07 Å². The smallest absolute Gasteiger partial charge is 0.328 e. The van der Waals surface area contributed by atoms with Crippen LogP contribution in [0, 0.1) is 0 Å². The topological polar surface area (TPSA) is 86.6 Å². The molecule has 1 aromatic rings. The molecule has 1 heterocycles. The molecular formula is C12H11NO4. The maximum atomic E-state index is 11.2. The van der Waals surface area contributed by atoms with Crippen LogP contribution < -0.4 is 5.32 Å². The molecule has 0 fully saturated rings. The summed E-state index contributed by atoms with van der Waals surface area (Å²) in [6.07, 6.45) is 1.25. The summed E-state index contributed by atoms with van der Waals surface area (Å²) in [5, 5.41) is 20.5. The van der Waals surface area contributed by atoms with Crippen molar-refractivity contribution < 1.29 is 19.8 Å². The van der Waals surface area contributed by atoms with Crippen LogP contribution in [0.5, 0.6) is 0 Å². The fourth-order valence-corrected chi connectivity index (χ4v) is 1.80. The Kier molecular flexibility index (Phi) is 2.93. The number of carbonyl (C=O) groups is 2. The number of aliphatic carboxylic acids is 1. The molecule has 0 bridgehead atoms. The minimum absolute atomic E-state index is 0.0788. The maximum Gasteiger partial charge on any atom is 0.328 e. The van der Waals surface area contributed by atoms with Crippen LogP contribution in [0.1, 0.15) is 11.1 Å². The normalized spacial score (nSPS) is 14.4. The van der Waals surface area contributed by atoms with Crippen LogP contribution in [0.2, 0.25) is 0 Å². The molecule has 0 aliphatic carbocycles. The van der Waals surface area contributed by atoms with E-state index in [9.17, 15) is 9.59 Å². The molecule has 5 heteroatoms. The van der Waals surface area contributed by atoms with Gasteiger partial charge < -0.3 is 15.5 Å². The van der Waals surface area contributed by atoms with Gasteiger partial charge in [0.1, 0.15) is 0 Å². The monoisotopic (exact) mass is 233 g/mol. The molecule has 1 aromatic carbocycles. The van der Waals surface area contributed by atoms with Crippen LogP contribution in [0.15, 0.2) is 24.3 Å². The summed E-state index contributed by atoms with van der Waals surface area (Å²) in [5.74, 6) is -1.19. The lowest BCUT2D eigenvalue weighted by molar-refractivity contribution is -0.131. The zero-order valence-corrected chi connectivity index (χ0v) is 8.93. The van der Waals surface area contributed by atoms with E-state index in [0.717, 1.165) is 17.3 Å². The van der Waals surface area contributed by atoms with Crippen molar-refractivity contribution in [3.8, 4) is 0 Å². The van der Waals surface area contributed by atoms with Gasteiger partial charge in [0.2, 0.25) is 5.91 Å². The number of carboxylic acids is 1. The number of amides is 1. The van der Waals surface area contributed by atoms with E-state index in [0.29, 0.717) is 11.1 Å². The first-order valence-corrected chi connectivity index (χ1v) is 5.07. The van der Waals surface area contributed by atoms with Crippen molar-refractivity contribution in [1.29, 1.82) is 0 Å². The third kappa shape index (κ3) is 2.34. The van der Waals surface area contributed by atoms with Gasteiger partial charge in [-0.15, -0.1) is 0 Å². The van der Waals surface area contributed by atoms with Crippen molar-refractivity contribution in [2.24, 2.45) is 0 Å². The first kappa shape index (κ1) is 11.3. The highest BCUT2D eigenvalue weighted by molar-refractivity contribution is 6.00. The lowest BCUT2D eigenvalue weighted by Gasteiger charge is -2.05. The highest BCUT2D eigenvalue weighted by Crippen LogP contribution is 2.26. The number of fused-ring (bicyclic) bond motifs is 1. The second kappa shape index (κ2) is 4.39. The van der Waals surface area contributed by atoms with E-state index in [4.69, 9.17) is 10.2 Å². The minimum atomic E-state index is -1.11. The SMILES string of the molecule is O=C(O)/C=C(\CO)c1ccc2c(c1)CC(=O)N2. The predicted molar refractivity (Wildman–Crippen MR) is 61.5 cm³/mol. The average molecular weight is 233 g/mol. The van der Waals surface area contributed by atoms with E-state index in [1.807, 2.05) is 0 Å². The number of benzene rings is 1. The van der Waals surface area contributed by atoms with Gasteiger partial charge in [0, 0.05) is 11.8 Å². The third-order valence-corrected chi connectivity index (χ3v) is 2.57. The Labute approximate surface area is 97.4 Å². The molecule has 0 saturated heterocycles. The van der Waals surface area contributed by atoms with Crippen LogP contribution in [0.4, 0.5) is 5.69 Å². The summed E-state index contributed by atoms with van der Waals surface area (Å²) in [6, 6.07) is 5.11. The van der Waals surface area contributed by atoms with Crippen LogP contribution in [-0.2, 0) is 16.0 Å². The second-order valence-electron chi connectivity index (χ2n) is 3.76. The molecule has 0 unspecified atom stereocenters. The Morgan fingerprint density at radius 2 is 2.24 bits per heavy atom. The molecule has 0 radical (unpaired) electrons. The summed E-state index contributed by atoms with van der Waals surface area (Å²) < 4.78 is 0. The summed E-state index contributed by atoms with van der Waals surface area (Å²) >= 11 is 0. The molecular weight excluding hydrogens is 222 g/mol. The fourth-order valence-electron chi connectivity index (χ4n) is 1.80. The molecule has 17 heavy (non-hydrogen) atoms. The third-order valence-electron chi connectivity index (χ3n) is 2.57. The predicted octanol–water partition coefficient (Wildman–Crippen LogP) is 0.641. The van der Waals surface area contributed by atoms with Crippen LogP contribution in [-0.4, -0.2) is 28.7 Å². The van der Waals surface area contributed by atoms with E-state index in [2.05, 4.69) is 5.32 Å². The Morgan fingerprint density at radius 3 is 2.88 bits per heavy atom. The van der Waals surface area contributed by atoms with Crippen LogP contribution in [0.25, 0.3) is 5.57 Å². The van der Waals surface area contributed by atoms with E-state index < -0.39 is 5.97 Å². The lowest BCUT2D eigenvalue weighted by atomic mass is 10.0. The zero-order chi connectivity index (χ0) is 12.4. The minimum Gasteiger partial charge on any atom is -0.478 e. The standard InChI is InChI=1S/C12H11NO4/c14-6-9(5-12(16)17)7-1-2-10-8(3-7)4-11(15)13-10/h1-3,5,14H,4,6H2,(H,13,15)(H,16,17)/b9-5+. The molecule has 1 amide bonds. The molecule has 0 aromatic heterocycles. The molecule has 5 nitrogen and oxygen atoms in total. The van der Waals surface area contributed by atoms with E-state index in [1.54, 1.807) is 18.2 Å². The van der Waals surface area contributed by atoms with Gasteiger partial charge in [-0.25, -0.2) is 4.79 Å². The Bertz CT molecular complexity index is 519. The number of rotatable bonds is 3. The first-order chi connectivity index (χ1) is 8.10. The van der Waals surface area contributed by atoms with Gasteiger partial charge in [-0.3, -0.25) is 4.79 Å². The average Bonchev–Trinajstić information content (AvgIpc) is 2.64. The van der Waals surface area contributed by atoms with Crippen molar-refractivity contribution in [2.45, 2.75) is 6.42 Å². The van der Waals surface area contributed by atoms with Gasteiger partial charge in [0.15, 0.2) is 0 Å². The van der Waals surface area contributed by atoms with Crippen molar-refractivity contribution in [2.75, 3.05) is 11.9 Å².